The molecule has 1 N–H and O–H groups in total. The molecule has 1 fully saturated rings. The Bertz CT molecular complexity index is 687. The second kappa shape index (κ2) is 6.07. The Labute approximate surface area is 141 Å². The largest absolute Gasteiger partial charge is 0.351 e. The Kier molecular flexibility index (Phi) is 4.93. The van der Waals surface area contributed by atoms with Gasteiger partial charge in [-0.2, -0.15) is 0 Å². The van der Waals surface area contributed by atoms with E-state index in [1.54, 1.807) is 0 Å². The average molecular weight is 415 g/mol. The maximum absolute atomic E-state index is 12.2. The van der Waals surface area contributed by atoms with Gasteiger partial charge in [0, 0.05) is 21.7 Å². The van der Waals surface area contributed by atoms with Gasteiger partial charge in [-0.25, -0.2) is 8.42 Å². The van der Waals surface area contributed by atoms with E-state index in [1.807, 2.05) is 0 Å². The molecular formula is C13H14BrCl2NO3S. The zero-order valence-electron chi connectivity index (χ0n) is 11.3. The first-order chi connectivity index (χ1) is 9.62. The van der Waals surface area contributed by atoms with Gasteiger partial charge in [0.1, 0.15) is 0 Å². The maximum atomic E-state index is 12.2. The van der Waals surface area contributed by atoms with E-state index >= 15 is 0 Å². The maximum Gasteiger partial charge on any atom is 0.262 e. The van der Waals surface area contributed by atoms with Crippen LogP contribution in [-0.2, 0) is 9.05 Å². The van der Waals surface area contributed by atoms with E-state index in [-0.39, 0.29) is 25.4 Å². The molecule has 1 aliphatic carbocycles. The van der Waals surface area contributed by atoms with Crippen molar-refractivity contribution in [1.29, 1.82) is 0 Å². The van der Waals surface area contributed by atoms with Crippen LogP contribution in [0.25, 0.3) is 0 Å². The minimum atomic E-state index is -3.96. The summed E-state index contributed by atoms with van der Waals surface area (Å²) in [7, 11) is 1.39. The van der Waals surface area contributed by atoms with Crippen molar-refractivity contribution in [2.24, 2.45) is 5.41 Å². The lowest BCUT2D eigenvalue weighted by atomic mass is 9.70. The van der Waals surface area contributed by atoms with Gasteiger partial charge in [-0.1, -0.05) is 24.9 Å². The summed E-state index contributed by atoms with van der Waals surface area (Å²) in [6.45, 7) is 2.65. The van der Waals surface area contributed by atoms with E-state index < -0.39 is 15.0 Å². The van der Waals surface area contributed by atoms with E-state index in [0.717, 1.165) is 12.8 Å². The Hall–Kier alpha value is -0.300. The van der Waals surface area contributed by atoms with Gasteiger partial charge in [0.25, 0.3) is 15.0 Å². The zero-order chi connectivity index (χ0) is 15.8. The summed E-state index contributed by atoms with van der Waals surface area (Å²) in [5, 5.41) is 2.97. The molecule has 8 heteroatoms. The summed E-state index contributed by atoms with van der Waals surface area (Å²) < 4.78 is 23.2. The van der Waals surface area contributed by atoms with Gasteiger partial charge in [-0.05, 0) is 46.3 Å². The number of rotatable bonds is 4. The number of carbonyl (C=O) groups is 1. The Morgan fingerprint density at radius 3 is 2.52 bits per heavy atom. The van der Waals surface area contributed by atoms with Gasteiger partial charge in [0.15, 0.2) is 0 Å². The molecule has 1 amide bonds. The van der Waals surface area contributed by atoms with Gasteiger partial charge in [0.05, 0.1) is 15.5 Å². The number of benzene rings is 1. The molecule has 4 nitrogen and oxygen atoms in total. The fourth-order valence-electron chi connectivity index (χ4n) is 2.24. The summed E-state index contributed by atoms with van der Waals surface area (Å²) in [6.07, 6.45) is 3.31. The summed E-state index contributed by atoms with van der Waals surface area (Å²) in [5.41, 5.74) is 0.223. The van der Waals surface area contributed by atoms with Crippen LogP contribution in [0.3, 0.4) is 0 Å². The van der Waals surface area contributed by atoms with Gasteiger partial charge < -0.3 is 5.32 Å². The predicted molar refractivity (Wildman–Crippen MR) is 86.5 cm³/mol. The highest BCUT2D eigenvalue weighted by atomic mass is 79.9. The van der Waals surface area contributed by atoms with Crippen molar-refractivity contribution in [1.82, 2.24) is 5.32 Å². The molecular weight excluding hydrogens is 401 g/mol. The highest BCUT2D eigenvalue weighted by molar-refractivity contribution is 9.10. The number of halogens is 3. The van der Waals surface area contributed by atoms with Crippen molar-refractivity contribution in [3.63, 3.8) is 0 Å². The Balaban J connectivity index is 2.24. The topological polar surface area (TPSA) is 63.2 Å². The first-order valence-electron chi connectivity index (χ1n) is 6.34. The van der Waals surface area contributed by atoms with Crippen LogP contribution in [0.4, 0.5) is 0 Å². The minimum Gasteiger partial charge on any atom is -0.351 e. The van der Waals surface area contributed by atoms with Crippen LogP contribution in [0.15, 0.2) is 21.5 Å². The van der Waals surface area contributed by atoms with Gasteiger partial charge >= 0.3 is 0 Å². The number of hydrogen-bond donors (Lipinski definition) is 1. The Morgan fingerprint density at radius 2 is 2.05 bits per heavy atom. The van der Waals surface area contributed by atoms with Crippen molar-refractivity contribution in [2.75, 3.05) is 6.54 Å². The van der Waals surface area contributed by atoms with Crippen LogP contribution in [0.1, 0.15) is 36.5 Å². The molecule has 0 aromatic heterocycles. The lowest BCUT2D eigenvalue weighted by Crippen LogP contribution is -2.40. The molecule has 0 spiro atoms. The van der Waals surface area contributed by atoms with Gasteiger partial charge in [-0.15, -0.1) is 0 Å². The molecule has 1 aliphatic rings. The molecule has 116 valence electrons. The molecule has 0 unspecified atom stereocenters. The SMILES string of the molecule is CC1(CNC(=O)c2cc(S(=O)(=O)Cl)c(Br)cc2Cl)CCC1. The summed E-state index contributed by atoms with van der Waals surface area (Å²) in [5.74, 6) is -0.401. The summed E-state index contributed by atoms with van der Waals surface area (Å²) in [6, 6.07) is 2.55. The number of carbonyl (C=O) groups excluding carboxylic acids is 1. The van der Waals surface area contributed by atoms with E-state index in [1.165, 1.54) is 18.6 Å². The average Bonchev–Trinajstić information content (AvgIpc) is 2.32. The number of amides is 1. The van der Waals surface area contributed by atoms with Crippen molar-refractivity contribution in [2.45, 2.75) is 31.1 Å². The van der Waals surface area contributed by atoms with Crippen LogP contribution >= 0.6 is 38.2 Å². The quantitative estimate of drug-likeness (QED) is 0.758. The summed E-state index contributed by atoms with van der Waals surface area (Å²) in [4.78, 5) is 12.0. The van der Waals surface area contributed by atoms with Crippen LogP contribution < -0.4 is 5.32 Å². The van der Waals surface area contributed by atoms with Crippen LogP contribution in [0.5, 0.6) is 0 Å². The molecule has 1 saturated carbocycles. The van der Waals surface area contributed by atoms with Crippen molar-refractivity contribution in [3.8, 4) is 0 Å². The van der Waals surface area contributed by atoms with Crippen molar-refractivity contribution < 1.29 is 13.2 Å². The third-order valence-corrected chi connectivity index (χ3v) is 6.36. The molecule has 0 aliphatic heterocycles. The zero-order valence-corrected chi connectivity index (χ0v) is 15.2. The minimum absolute atomic E-state index is 0.0991. The van der Waals surface area contributed by atoms with Crippen LogP contribution in [0, 0.1) is 5.41 Å². The molecule has 0 radical (unpaired) electrons. The van der Waals surface area contributed by atoms with E-state index in [0.29, 0.717) is 6.54 Å². The highest BCUT2D eigenvalue weighted by Gasteiger charge is 2.32. The third-order valence-electron chi connectivity index (χ3n) is 3.77. The fourth-order valence-corrected chi connectivity index (χ4v) is 4.81. The molecule has 0 atom stereocenters. The number of hydrogen-bond acceptors (Lipinski definition) is 3. The van der Waals surface area contributed by atoms with Crippen molar-refractivity contribution in [3.05, 3.63) is 27.2 Å². The molecule has 0 saturated heterocycles. The van der Waals surface area contributed by atoms with E-state index in [2.05, 4.69) is 28.2 Å². The molecule has 0 bridgehead atoms. The molecule has 21 heavy (non-hydrogen) atoms. The van der Waals surface area contributed by atoms with Crippen molar-refractivity contribution >= 4 is 53.2 Å². The van der Waals surface area contributed by atoms with Crippen LogP contribution in [-0.4, -0.2) is 20.9 Å². The first kappa shape index (κ1) is 17.1. The molecule has 1 aromatic carbocycles. The normalized spacial score (nSPS) is 17.1. The number of nitrogens with one attached hydrogen (secondary N) is 1. The fraction of sp³-hybridized carbons (Fsp3) is 0.462. The van der Waals surface area contributed by atoms with E-state index in [4.69, 9.17) is 22.3 Å². The van der Waals surface area contributed by atoms with Crippen LogP contribution in [0.2, 0.25) is 5.02 Å². The standard InChI is InChI=1S/C13H14BrCl2NO3S/c1-13(3-2-4-13)7-17-12(18)8-5-11(21(16,19)20)9(14)6-10(8)15/h5-6H,2-4,7H2,1H3,(H,17,18). The Morgan fingerprint density at radius 1 is 1.43 bits per heavy atom. The molecule has 2 rings (SSSR count). The summed E-state index contributed by atoms with van der Waals surface area (Å²) >= 11 is 9.09. The first-order valence-corrected chi connectivity index (χ1v) is 9.82. The smallest absolute Gasteiger partial charge is 0.262 e. The molecule has 0 heterocycles. The second-order valence-corrected chi connectivity index (χ2v) is 9.34. The van der Waals surface area contributed by atoms with Gasteiger partial charge in [-0.3, -0.25) is 4.79 Å². The lowest BCUT2D eigenvalue weighted by Gasteiger charge is -2.38. The van der Waals surface area contributed by atoms with E-state index in [9.17, 15) is 13.2 Å². The monoisotopic (exact) mass is 413 g/mol. The third kappa shape index (κ3) is 3.92. The molecule has 1 aromatic rings. The highest BCUT2D eigenvalue weighted by Crippen LogP contribution is 2.39. The van der Waals surface area contributed by atoms with Gasteiger partial charge in [0.2, 0.25) is 0 Å². The predicted octanol–water partition coefficient (Wildman–Crippen LogP) is 3.95. The second-order valence-electron chi connectivity index (χ2n) is 5.55. The lowest BCUT2D eigenvalue weighted by molar-refractivity contribution is 0.0890.